The maximum atomic E-state index is 10.9. The average Bonchev–Trinajstić information content (AvgIpc) is 2.09. The zero-order valence-corrected chi connectivity index (χ0v) is 7.98. The van der Waals surface area contributed by atoms with Gasteiger partial charge in [-0.1, -0.05) is 0 Å². The molecule has 14 heavy (non-hydrogen) atoms. The van der Waals surface area contributed by atoms with Crippen LogP contribution in [-0.2, 0) is 23.9 Å². The van der Waals surface area contributed by atoms with E-state index in [2.05, 4.69) is 9.47 Å². The molecule has 0 fully saturated rings. The second-order valence-corrected chi connectivity index (χ2v) is 2.56. The first-order chi connectivity index (χ1) is 6.43. The number of Topliss-reactive ketones (excluding diaryl/α,β-unsaturated/α-hetero) is 1. The molecule has 0 bridgehead atoms. The molecule has 1 atom stereocenters. The number of ether oxygens (including phenoxy) is 2. The van der Waals surface area contributed by atoms with Crippen LogP contribution in [-0.4, -0.2) is 42.1 Å². The number of ketones is 1. The molecular weight excluding hydrogens is 192 g/mol. The van der Waals surface area contributed by atoms with E-state index < -0.39 is 37.0 Å². The Hall–Kier alpha value is -1.43. The van der Waals surface area contributed by atoms with Gasteiger partial charge in [0.1, 0.15) is 12.7 Å². The largest absolute Gasteiger partial charge is 0.463 e. The zero-order chi connectivity index (χ0) is 11.1. The van der Waals surface area contributed by atoms with Gasteiger partial charge < -0.3 is 14.6 Å². The summed E-state index contributed by atoms with van der Waals surface area (Å²) in [5.74, 6) is -1.91. The van der Waals surface area contributed by atoms with Crippen molar-refractivity contribution in [3.63, 3.8) is 0 Å². The number of rotatable bonds is 5. The minimum Gasteiger partial charge on any atom is -0.463 e. The molecule has 0 saturated heterocycles. The standard InChI is InChI=1S/C8H12O6/c1-5(9)13-3-7(11)8(12)4-14-6(2)10/h7,11H,3-4H2,1-2H3. The third-order valence-electron chi connectivity index (χ3n) is 1.23. The fourth-order valence-electron chi connectivity index (χ4n) is 0.558. The molecule has 80 valence electrons. The first-order valence-electron chi connectivity index (χ1n) is 3.91. The van der Waals surface area contributed by atoms with Gasteiger partial charge in [0.15, 0.2) is 6.61 Å². The Morgan fingerprint density at radius 2 is 1.64 bits per heavy atom. The lowest BCUT2D eigenvalue weighted by molar-refractivity contribution is -0.153. The summed E-state index contributed by atoms with van der Waals surface area (Å²) in [6, 6.07) is 0. The van der Waals surface area contributed by atoms with E-state index in [4.69, 9.17) is 5.11 Å². The van der Waals surface area contributed by atoms with Crippen LogP contribution in [0.4, 0.5) is 0 Å². The quantitative estimate of drug-likeness (QED) is 0.580. The summed E-state index contributed by atoms with van der Waals surface area (Å²) in [7, 11) is 0. The van der Waals surface area contributed by atoms with Gasteiger partial charge in [0, 0.05) is 13.8 Å². The van der Waals surface area contributed by atoms with E-state index in [-0.39, 0.29) is 0 Å². The summed E-state index contributed by atoms with van der Waals surface area (Å²) in [6.07, 6.45) is -1.45. The Morgan fingerprint density at radius 1 is 1.14 bits per heavy atom. The van der Waals surface area contributed by atoms with Crippen molar-refractivity contribution in [3.8, 4) is 0 Å². The lowest BCUT2D eigenvalue weighted by atomic mass is 10.2. The normalized spacial score (nSPS) is 11.6. The predicted molar refractivity (Wildman–Crippen MR) is 44.3 cm³/mol. The highest BCUT2D eigenvalue weighted by Gasteiger charge is 2.17. The monoisotopic (exact) mass is 204 g/mol. The van der Waals surface area contributed by atoms with E-state index in [1.165, 1.54) is 0 Å². The molecular formula is C8H12O6. The number of hydrogen-bond donors (Lipinski definition) is 1. The van der Waals surface area contributed by atoms with Gasteiger partial charge in [0.05, 0.1) is 0 Å². The van der Waals surface area contributed by atoms with Gasteiger partial charge in [-0.2, -0.15) is 0 Å². The van der Waals surface area contributed by atoms with Crippen molar-refractivity contribution in [1.82, 2.24) is 0 Å². The number of hydrogen-bond acceptors (Lipinski definition) is 6. The van der Waals surface area contributed by atoms with Crippen LogP contribution in [0.25, 0.3) is 0 Å². The molecule has 0 spiro atoms. The predicted octanol–water partition coefficient (Wildman–Crippen LogP) is -0.957. The molecule has 0 radical (unpaired) electrons. The number of esters is 2. The fourth-order valence-corrected chi connectivity index (χ4v) is 0.558. The van der Waals surface area contributed by atoms with Crippen LogP contribution in [0.5, 0.6) is 0 Å². The van der Waals surface area contributed by atoms with Gasteiger partial charge in [-0.15, -0.1) is 0 Å². The van der Waals surface area contributed by atoms with Crippen LogP contribution in [0.1, 0.15) is 13.8 Å². The number of carbonyl (C=O) groups is 3. The number of aliphatic hydroxyl groups is 1. The molecule has 6 heteroatoms. The van der Waals surface area contributed by atoms with Crippen LogP contribution < -0.4 is 0 Å². The van der Waals surface area contributed by atoms with Gasteiger partial charge in [-0.25, -0.2) is 0 Å². The SMILES string of the molecule is CC(=O)OCC(=O)C(O)COC(C)=O. The van der Waals surface area contributed by atoms with Crippen LogP contribution in [0, 0.1) is 0 Å². The van der Waals surface area contributed by atoms with Crippen molar-refractivity contribution in [1.29, 1.82) is 0 Å². The highest BCUT2D eigenvalue weighted by Crippen LogP contribution is 1.90. The summed E-state index contributed by atoms with van der Waals surface area (Å²) in [5.41, 5.74) is 0. The van der Waals surface area contributed by atoms with Gasteiger partial charge in [0.25, 0.3) is 0 Å². The van der Waals surface area contributed by atoms with Crippen molar-refractivity contribution in [2.24, 2.45) is 0 Å². The molecule has 1 N–H and O–H groups in total. The Kier molecular flexibility index (Phi) is 5.47. The molecule has 0 aliphatic heterocycles. The molecule has 0 aromatic heterocycles. The molecule has 0 rings (SSSR count). The third kappa shape index (κ3) is 6.13. The third-order valence-corrected chi connectivity index (χ3v) is 1.23. The Balaban J connectivity index is 3.76. The van der Waals surface area contributed by atoms with Crippen molar-refractivity contribution >= 4 is 17.7 Å². The van der Waals surface area contributed by atoms with Crippen LogP contribution in [0.3, 0.4) is 0 Å². The van der Waals surface area contributed by atoms with E-state index in [1.807, 2.05) is 0 Å². The van der Waals surface area contributed by atoms with Crippen molar-refractivity contribution < 1.29 is 29.0 Å². The van der Waals surface area contributed by atoms with E-state index in [0.717, 1.165) is 13.8 Å². The van der Waals surface area contributed by atoms with Crippen molar-refractivity contribution in [2.75, 3.05) is 13.2 Å². The van der Waals surface area contributed by atoms with Crippen LogP contribution >= 0.6 is 0 Å². The summed E-state index contributed by atoms with van der Waals surface area (Å²) in [5, 5.41) is 9.06. The Bertz CT molecular complexity index is 234. The fraction of sp³-hybridized carbons (Fsp3) is 0.625. The molecule has 0 aromatic rings. The molecule has 0 amide bonds. The molecule has 0 heterocycles. The highest BCUT2D eigenvalue weighted by molar-refractivity contribution is 5.86. The first kappa shape index (κ1) is 12.6. The molecule has 0 saturated carbocycles. The van der Waals surface area contributed by atoms with Gasteiger partial charge in [-0.05, 0) is 0 Å². The summed E-state index contributed by atoms with van der Waals surface area (Å²) in [4.78, 5) is 31.5. The lowest BCUT2D eigenvalue weighted by Crippen LogP contribution is -2.30. The summed E-state index contributed by atoms with van der Waals surface area (Å²) < 4.78 is 8.72. The van der Waals surface area contributed by atoms with Crippen LogP contribution in [0.15, 0.2) is 0 Å². The Morgan fingerprint density at radius 3 is 2.07 bits per heavy atom. The molecule has 6 nitrogen and oxygen atoms in total. The molecule has 1 unspecified atom stereocenters. The maximum Gasteiger partial charge on any atom is 0.303 e. The molecule has 0 aliphatic rings. The van der Waals surface area contributed by atoms with Crippen molar-refractivity contribution in [3.05, 3.63) is 0 Å². The summed E-state index contributed by atoms with van der Waals surface area (Å²) in [6.45, 7) is 1.36. The lowest BCUT2D eigenvalue weighted by Gasteiger charge is -2.08. The first-order valence-corrected chi connectivity index (χ1v) is 3.91. The second-order valence-electron chi connectivity index (χ2n) is 2.56. The van der Waals surface area contributed by atoms with Crippen LogP contribution in [0.2, 0.25) is 0 Å². The van der Waals surface area contributed by atoms with Gasteiger partial charge in [0.2, 0.25) is 5.78 Å². The van der Waals surface area contributed by atoms with Gasteiger partial charge >= 0.3 is 11.9 Å². The maximum absolute atomic E-state index is 10.9. The molecule has 0 aromatic carbocycles. The minimum absolute atomic E-state index is 0.421. The second kappa shape index (κ2) is 6.09. The van der Waals surface area contributed by atoms with E-state index in [0.29, 0.717) is 0 Å². The Labute approximate surface area is 80.8 Å². The number of carbonyl (C=O) groups excluding carboxylic acids is 3. The number of aliphatic hydroxyl groups excluding tert-OH is 1. The average molecular weight is 204 g/mol. The zero-order valence-electron chi connectivity index (χ0n) is 7.98. The minimum atomic E-state index is -1.45. The molecule has 0 aliphatic carbocycles. The van der Waals surface area contributed by atoms with E-state index in [9.17, 15) is 14.4 Å². The smallest absolute Gasteiger partial charge is 0.303 e. The van der Waals surface area contributed by atoms with E-state index in [1.54, 1.807) is 0 Å². The highest BCUT2D eigenvalue weighted by atomic mass is 16.5. The van der Waals surface area contributed by atoms with Gasteiger partial charge in [-0.3, -0.25) is 14.4 Å². The summed E-state index contributed by atoms with van der Waals surface area (Å²) >= 11 is 0. The topological polar surface area (TPSA) is 89.9 Å². The van der Waals surface area contributed by atoms with E-state index >= 15 is 0 Å². The van der Waals surface area contributed by atoms with Crippen molar-refractivity contribution in [2.45, 2.75) is 20.0 Å².